The van der Waals surface area contributed by atoms with Crippen molar-refractivity contribution in [3.8, 4) is 0 Å². The monoisotopic (exact) mass is 248 g/mol. The fraction of sp³-hybridized carbons (Fsp3) is 0.900. The molecule has 0 atom stereocenters. The Morgan fingerprint density at radius 1 is 1.19 bits per heavy atom. The summed E-state index contributed by atoms with van der Waals surface area (Å²) in [6.07, 6.45) is 0.528. The molecule has 0 aromatic carbocycles. The summed E-state index contributed by atoms with van der Waals surface area (Å²) in [5.74, 6) is 0.261. The van der Waals surface area contributed by atoms with Gasteiger partial charge in [0.05, 0.1) is 11.5 Å². The van der Waals surface area contributed by atoms with Gasteiger partial charge >= 0.3 is 6.03 Å². The van der Waals surface area contributed by atoms with Crippen molar-refractivity contribution in [2.75, 3.05) is 24.6 Å². The molecule has 0 aliphatic carbocycles. The van der Waals surface area contributed by atoms with E-state index in [-0.39, 0.29) is 23.1 Å². The second kappa shape index (κ2) is 4.61. The fourth-order valence-corrected chi connectivity index (χ4v) is 2.81. The summed E-state index contributed by atoms with van der Waals surface area (Å²) in [5.41, 5.74) is -0.289. The number of nitrogens with zero attached hydrogens (tertiary/aromatic N) is 1. The van der Waals surface area contributed by atoms with Gasteiger partial charge in [0.1, 0.15) is 0 Å². The molecule has 0 aromatic heterocycles. The molecule has 1 heterocycles. The van der Waals surface area contributed by atoms with Gasteiger partial charge in [-0.25, -0.2) is 13.2 Å². The van der Waals surface area contributed by atoms with Crippen molar-refractivity contribution in [3.63, 3.8) is 0 Å². The first-order valence-electron chi connectivity index (χ1n) is 5.47. The maximum absolute atomic E-state index is 11.8. The Hall–Kier alpha value is -0.780. The predicted molar refractivity (Wildman–Crippen MR) is 63.1 cm³/mol. The number of amides is 2. The van der Waals surface area contributed by atoms with E-state index in [9.17, 15) is 13.2 Å². The Bertz CT molecular complexity index is 357. The van der Waals surface area contributed by atoms with Crippen LogP contribution in [0, 0.1) is 0 Å². The van der Waals surface area contributed by atoms with Crippen LogP contribution in [0.4, 0.5) is 4.79 Å². The number of hydrogen-bond donors (Lipinski definition) is 1. The SMILES string of the molecule is CC(C)(C)NC(=O)N1CCCS(=O)(=O)CC1. The van der Waals surface area contributed by atoms with E-state index in [1.165, 1.54) is 0 Å². The minimum Gasteiger partial charge on any atom is -0.333 e. The fourth-order valence-electron chi connectivity index (χ4n) is 1.54. The number of carbonyl (C=O) groups is 1. The van der Waals surface area contributed by atoms with Crippen LogP contribution in [0.3, 0.4) is 0 Å². The summed E-state index contributed by atoms with van der Waals surface area (Å²) < 4.78 is 22.7. The molecule has 0 saturated carbocycles. The molecule has 0 bridgehead atoms. The summed E-state index contributed by atoms with van der Waals surface area (Å²) in [7, 11) is -2.95. The van der Waals surface area contributed by atoms with Crippen LogP contribution in [-0.4, -0.2) is 49.5 Å². The maximum atomic E-state index is 11.8. The highest BCUT2D eigenvalue weighted by Crippen LogP contribution is 2.07. The third-order valence-electron chi connectivity index (χ3n) is 2.32. The van der Waals surface area contributed by atoms with Gasteiger partial charge in [-0.3, -0.25) is 0 Å². The number of sulfone groups is 1. The lowest BCUT2D eigenvalue weighted by Gasteiger charge is -2.27. The molecular formula is C10H20N2O3S. The number of rotatable bonds is 0. The quantitative estimate of drug-likeness (QED) is 0.683. The lowest BCUT2D eigenvalue weighted by atomic mass is 10.1. The molecule has 2 amide bonds. The summed E-state index contributed by atoms with van der Waals surface area (Å²) in [6, 6.07) is -0.176. The van der Waals surface area contributed by atoms with E-state index in [4.69, 9.17) is 0 Å². The third kappa shape index (κ3) is 4.38. The first kappa shape index (κ1) is 13.3. The van der Waals surface area contributed by atoms with E-state index in [0.717, 1.165) is 0 Å². The summed E-state index contributed by atoms with van der Waals surface area (Å²) in [6.45, 7) is 6.52. The Labute approximate surface area is 97.1 Å². The number of urea groups is 1. The van der Waals surface area contributed by atoms with Crippen LogP contribution in [0.5, 0.6) is 0 Å². The highest BCUT2D eigenvalue weighted by molar-refractivity contribution is 7.91. The highest BCUT2D eigenvalue weighted by Gasteiger charge is 2.24. The zero-order chi connectivity index (χ0) is 12.4. The zero-order valence-electron chi connectivity index (χ0n) is 10.1. The smallest absolute Gasteiger partial charge is 0.317 e. The topological polar surface area (TPSA) is 66.5 Å². The molecule has 1 aliphatic rings. The second-order valence-corrected chi connectivity index (χ2v) is 7.48. The number of carbonyl (C=O) groups excluding carboxylic acids is 1. The van der Waals surface area contributed by atoms with Crippen molar-refractivity contribution < 1.29 is 13.2 Å². The van der Waals surface area contributed by atoms with E-state index in [1.54, 1.807) is 4.90 Å². The van der Waals surface area contributed by atoms with Gasteiger partial charge in [0, 0.05) is 18.6 Å². The van der Waals surface area contributed by atoms with Gasteiger partial charge in [-0.15, -0.1) is 0 Å². The van der Waals surface area contributed by atoms with Gasteiger partial charge in [-0.2, -0.15) is 0 Å². The Morgan fingerprint density at radius 3 is 2.38 bits per heavy atom. The molecule has 1 fully saturated rings. The van der Waals surface area contributed by atoms with Gasteiger partial charge in [-0.05, 0) is 27.2 Å². The molecule has 5 nitrogen and oxygen atoms in total. The number of nitrogens with one attached hydrogen (secondary N) is 1. The predicted octanol–water partition coefficient (Wildman–Crippen LogP) is 0.615. The average molecular weight is 248 g/mol. The first-order chi connectivity index (χ1) is 7.20. The normalized spacial score (nSPS) is 21.3. The van der Waals surface area contributed by atoms with Crippen molar-refractivity contribution >= 4 is 15.9 Å². The van der Waals surface area contributed by atoms with Crippen molar-refractivity contribution in [1.29, 1.82) is 0 Å². The number of hydrogen-bond acceptors (Lipinski definition) is 3. The molecule has 0 spiro atoms. The molecule has 94 valence electrons. The molecule has 1 saturated heterocycles. The van der Waals surface area contributed by atoms with Gasteiger partial charge in [0.25, 0.3) is 0 Å². The van der Waals surface area contributed by atoms with Crippen LogP contribution in [0.2, 0.25) is 0 Å². The van der Waals surface area contributed by atoms with Gasteiger partial charge in [0.2, 0.25) is 0 Å². The van der Waals surface area contributed by atoms with E-state index in [0.29, 0.717) is 19.5 Å². The van der Waals surface area contributed by atoms with Crippen LogP contribution < -0.4 is 5.32 Å². The maximum Gasteiger partial charge on any atom is 0.317 e. The van der Waals surface area contributed by atoms with Crippen LogP contribution >= 0.6 is 0 Å². The van der Waals surface area contributed by atoms with E-state index in [1.807, 2.05) is 20.8 Å². The first-order valence-corrected chi connectivity index (χ1v) is 7.29. The molecule has 1 rings (SSSR count). The second-order valence-electron chi connectivity index (χ2n) is 5.17. The summed E-state index contributed by atoms with van der Waals surface area (Å²) >= 11 is 0. The van der Waals surface area contributed by atoms with Crippen molar-refractivity contribution in [1.82, 2.24) is 10.2 Å². The van der Waals surface area contributed by atoms with Crippen LogP contribution in [0.25, 0.3) is 0 Å². The largest absolute Gasteiger partial charge is 0.333 e. The van der Waals surface area contributed by atoms with Crippen LogP contribution in [0.1, 0.15) is 27.2 Å². The highest BCUT2D eigenvalue weighted by atomic mass is 32.2. The standard InChI is InChI=1S/C10H20N2O3S/c1-10(2,3)11-9(13)12-5-4-7-16(14,15)8-6-12/h4-8H2,1-3H3,(H,11,13). The van der Waals surface area contributed by atoms with Gasteiger partial charge in [0.15, 0.2) is 9.84 Å². The lowest BCUT2D eigenvalue weighted by molar-refractivity contribution is 0.192. The molecule has 1 N–H and O–H groups in total. The minimum atomic E-state index is -2.95. The van der Waals surface area contributed by atoms with Crippen LogP contribution in [0.15, 0.2) is 0 Å². The van der Waals surface area contributed by atoms with Gasteiger partial charge in [-0.1, -0.05) is 0 Å². The Balaban J connectivity index is 2.58. The third-order valence-corrected chi connectivity index (χ3v) is 4.04. The molecule has 0 aromatic rings. The van der Waals surface area contributed by atoms with E-state index >= 15 is 0 Å². The average Bonchev–Trinajstić information content (AvgIpc) is 2.23. The Morgan fingerprint density at radius 2 is 1.81 bits per heavy atom. The van der Waals surface area contributed by atoms with E-state index < -0.39 is 9.84 Å². The molecule has 6 heteroatoms. The molecule has 0 radical (unpaired) electrons. The lowest BCUT2D eigenvalue weighted by Crippen LogP contribution is -2.49. The molecular weight excluding hydrogens is 228 g/mol. The molecule has 16 heavy (non-hydrogen) atoms. The molecule has 0 unspecified atom stereocenters. The van der Waals surface area contributed by atoms with Crippen molar-refractivity contribution in [3.05, 3.63) is 0 Å². The Kier molecular flexibility index (Phi) is 3.83. The van der Waals surface area contributed by atoms with Crippen molar-refractivity contribution in [2.24, 2.45) is 0 Å². The molecule has 1 aliphatic heterocycles. The zero-order valence-corrected chi connectivity index (χ0v) is 10.9. The van der Waals surface area contributed by atoms with Gasteiger partial charge < -0.3 is 10.2 Å². The summed E-state index contributed by atoms with van der Waals surface area (Å²) in [4.78, 5) is 13.4. The minimum absolute atomic E-state index is 0.0740. The van der Waals surface area contributed by atoms with Crippen molar-refractivity contribution in [2.45, 2.75) is 32.7 Å². The van der Waals surface area contributed by atoms with Crippen LogP contribution in [-0.2, 0) is 9.84 Å². The summed E-state index contributed by atoms with van der Waals surface area (Å²) in [5, 5.41) is 2.84. The van der Waals surface area contributed by atoms with E-state index in [2.05, 4.69) is 5.32 Å².